The predicted molar refractivity (Wildman–Crippen MR) is 78.3 cm³/mol. The van der Waals surface area contributed by atoms with Crippen LogP contribution in [0.3, 0.4) is 0 Å². The summed E-state index contributed by atoms with van der Waals surface area (Å²) in [7, 11) is 0. The molecule has 0 unspecified atom stereocenters. The molecule has 0 atom stereocenters. The van der Waals surface area contributed by atoms with Crippen LogP contribution in [0.15, 0.2) is 18.2 Å². The van der Waals surface area contributed by atoms with Crippen LogP contribution in [0.25, 0.3) is 6.08 Å². The summed E-state index contributed by atoms with van der Waals surface area (Å²) in [6.45, 7) is 3.25. The van der Waals surface area contributed by atoms with Gasteiger partial charge >= 0.3 is 5.97 Å². The van der Waals surface area contributed by atoms with Crippen molar-refractivity contribution in [2.75, 3.05) is 18.0 Å². The normalized spacial score (nSPS) is 14.6. The van der Waals surface area contributed by atoms with Crippen molar-refractivity contribution in [1.82, 2.24) is 0 Å². The van der Waals surface area contributed by atoms with Gasteiger partial charge in [-0.25, -0.2) is 13.6 Å². The van der Waals surface area contributed by atoms with E-state index >= 15 is 0 Å². The SMILES string of the molecule is CCCN(CC1CC1)c1c(F)cc(C=CC(=O)O)cc1F. The van der Waals surface area contributed by atoms with Crippen molar-refractivity contribution in [3.05, 3.63) is 35.4 Å². The van der Waals surface area contributed by atoms with E-state index in [4.69, 9.17) is 5.11 Å². The predicted octanol–water partition coefficient (Wildman–Crippen LogP) is 3.69. The molecule has 2 rings (SSSR count). The third-order valence-corrected chi connectivity index (χ3v) is 3.44. The Morgan fingerprint density at radius 2 is 2.00 bits per heavy atom. The Balaban J connectivity index is 2.27. The second-order valence-electron chi connectivity index (χ2n) is 5.39. The number of rotatable bonds is 7. The van der Waals surface area contributed by atoms with Crippen LogP contribution in [0.4, 0.5) is 14.5 Å². The first kappa shape index (κ1) is 15.5. The molecule has 0 bridgehead atoms. The van der Waals surface area contributed by atoms with Crippen LogP contribution >= 0.6 is 0 Å². The Kier molecular flexibility index (Phi) is 4.94. The molecule has 5 heteroatoms. The lowest BCUT2D eigenvalue weighted by atomic mass is 10.1. The minimum atomic E-state index is -1.15. The lowest BCUT2D eigenvalue weighted by Crippen LogP contribution is -2.28. The second kappa shape index (κ2) is 6.70. The van der Waals surface area contributed by atoms with Gasteiger partial charge < -0.3 is 10.0 Å². The van der Waals surface area contributed by atoms with Gasteiger partial charge in [-0.15, -0.1) is 0 Å². The summed E-state index contributed by atoms with van der Waals surface area (Å²) in [5.74, 6) is -1.91. The van der Waals surface area contributed by atoms with Gasteiger partial charge in [-0.3, -0.25) is 0 Å². The summed E-state index contributed by atoms with van der Waals surface area (Å²) in [5, 5.41) is 8.55. The van der Waals surface area contributed by atoms with Crippen LogP contribution in [0.1, 0.15) is 31.7 Å². The number of nitrogens with zero attached hydrogens (tertiary/aromatic N) is 1. The lowest BCUT2D eigenvalue weighted by molar-refractivity contribution is -0.131. The monoisotopic (exact) mass is 295 g/mol. The molecular formula is C16H19F2NO2. The summed E-state index contributed by atoms with van der Waals surface area (Å²) < 4.78 is 28.4. The lowest BCUT2D eigenvalue weighted by Gasteiger charge is -2.25. The average Bonchev–Trinajstić information content (AvgIpc) is 3.19. The highest BCUT2D eigenvalue weighted by atomic mass is 19.1. The number of aliphatic carboxylic acids is 1. The van der Waals surface area contributed by atoms with E-state index < -0.39 is 17.6 Å². The first-order valence-corrected chi connectivity index (χ1v) is 7.16. The summed E-state index contributed by atoms with van der Waals surface area (Å²) >= 11 is 0. The number of halogens is 2. The molecule has 114 valence electrons. The van der Waals surface area contributed by atoms with Gasteiger partial charge in [0.15, 0.2) is 0 Å². The zero-order valence-corrected chi connectivity index (χ0v) is 12.0. The number of benzene rings is 1. The Morgan fingerprint density at radius 3 is 2.48 bits per heavy atom. The molecule has 1 saturated carbocycles. The smallest absolute Gasteiger partial charge is 0.328 e. The first-order chi connectivity index (χ1) is 10.0. The van der Waals surface area contributed by atoms with Crippen LogP contribution in [-0.4, -0.2) is 24.2 Å². The molecular weight excluding hydrogens is 276 g/mol. The van der Waals surface area contributed by atoms with Gasteiger partial charge in [-0.05, 0) is 49.0 Å². The summed E-state index contributed by atoms with van der Waals surface area (Å²) in [4.78, 5) is 12.2. The fraction of sp³-hybridized carbons (Fsp3) is 0.438. The molecule has 1 aromatic rings. The van der Waals surface area contributed by atoms with Crippen molar-refractivity contribution in [3.63, 3.8) is 0 Å². The van der Waals surface area contributed by atoms with E-state index in [-0.39, 0.29) is 11.3 Å². The Bertz CT molecular complexity index is 530. The minimum Gasteiger partial charge on any atom is -0.478 e. The number of hydrogen-bond acceptors (Lipinski definition) is 2. The highest BCUT2D eigenvalue weighted by molar-refractivity contribution is 5.85. The van der Waals surface area contributed by atoms with Gasteiger partial charge in [-0.2, -0.15) is 0 Å². The highest BCUT2D eigenvalue weighted by Crippen LogP contribution is 2.33. The molecule has 1 aliphatic rings. The summed E-state index contributed by atoms with van der Waals surface area (Å²) in [6.07, 6.45) is 5.09. The van der Waals surface area contributed by atoms with E-state index in [0.717, 1.165) is 25.3 Å². The number of anilines is 1. The Morgan fingerprint density at radius 1 is 1.38 bits per heavy atom. The number of carbonyl (C=O) groups is 1. The third-order valence-electron chi connectivity index (χ3n) is 3.44. The standard InChI is InChI=1S/C16H19F2NO2/c1-2-7-19(10-11-3-4-11)16-13(17)8-12(9-14(16)18)5-6-15(20)21/h5-6,8-9,11H,2-4,7,10H2,1H3,(H,20,21). The molecule has 21 heavy (non-hydrogen) atoms. The van der Waals surface area contributed by atoms with Crippen molar-refractivity contribution >= 4 is 17.7 Å². The van der Waals surface area contributed by atoms with Gasteiger partial charge in [-0.1, -0.05) is 6.92 Å². The maximum atomic E-state index is 14.2. The van der Waals surface area contributed by atoms with Crippen LogP contribution in [0, 0.1) is 17.6 Å². The zero-order chi connectivity index (χ0) is 15.4. The maximum absolute atomic E-state index is 14.2. The van der Waals surface area contributed by atoms with Crippen molar-refractivity contribution in [2.24, 2.45) is 5.92 Å². The topological polar surface area (TPSA) is 40.5 Å². The largest absolute Gasteiger partial charge is 0.478 e. The summed E-state index contributed by atoms with van der Waals surface area (Å²) in [6, 6.07) is 2.35. The minimum absolute atomic E-state index is 0.00350. The fourth-order valence-electron chi connectivity index (χ4n) is 2.33. The van der Waals surface area contributed by atoms with Crippen molar-refractivity contribution in [1.29, 1.82) is 0 Å². The van der Waals surface area contributed by atoms with Crippen molar-refractivity contribution in [2.45, 2.75) is 26.2 Å². The zero-order valence-electron chi connectivity index (χ0n) is 12.0. The molecule has 0 aliphatic heterocycles. The second-order valence-corrected chi connectivity index (χ2v) is 5.39. The molecule has 3 nitrogen and oxygen atoms in total. The van der Waals surface area contributed by atoms with Crippen LogP contribution in [-0.2, 0) is 4.79 Å². The molecule has 1 aromatic carbocycles. The van der Waals surface area contributed by atoms with Gasteiger partial charge in [0.05, 0.1) is 0 Å². The van der Waals surface area contributed by atoms with Gasteiger partial charge in [0.2, 0.25) is 0 Å². The summed E-state index contributed by atoms with van der Waals surface area (Å²) in [5.41, 5.74) is 0.204. The molecule has 1 N–H and O–H groups in total. The Hall–Kier alpha value is -1.91. The van der Waals surface area contributed by atoms with E-state index in [0.29, 0.717) is 19.0 Å². The quantitative estimate of drug-likeness (QED) is 0.780. The van der Waals surface area contributed by atoms with Crippen LogP contribution < -0.4 is 4.90 Å². The average molecular weight is 295 g/mol. The Labute approximate surface area is 122 Å². The molecule has 0 saturated heterocycles. The van der Waals surface area contributed by atoms with Crippen molar-refractivity contribution < 1.29 is 18.7 Å². The molecule has 0 aromatic heterocycles. The first-order valence-electron chi connectivity index (χ1n) is 7.16. The van der Waals surface area contributed by atoms with E-state index in [9.17, 15) is 13.6 Å². The van der Waals surface area contributed by atoms with E-state index in [1.54, 1.807) is 4.90 Å². The fourth-order valence-corrected chi connectivity index (χ4v) is 2.33. The highest BCUT2D eigenvalue weighted by Gasteiger charge is 2.27. The van der Waals surface area contributed by atoms with E-state index in [1.165, 1.54) is 18.2 Å². The molecule has 1 aliphatic carbocycles. The molecule has 1 fully saturated rings. The van der Waals surface area contributed by atoms with Gasteiger partial charge in [0, 0.05) is 19.2 Å². The molecule has 0 spiro atoms. The van der Waals surface area contributed by atoms with Gasteiger partial charge in [0.25, 0.3) is 0 Å². The maximum Gasteiger partial charge on any atom is 0.328 e. The van der Waals surface area contributed by atoms with Crippen LogP contribution in [0.5, 0.6) is 0 Å². The number of hydrogen-bond donors (Lipinski definition) is 1. The van der Waals surface area contributed by atoms with Crippen LogP contribution in [0.2, 0.25) is 0 Å². The molecule has 0 heterocycles. The number of carboxylic acids is 1. The van der Waals surface area contributed by atoms with Gasteiger partial charge in [0.1, 0.15) is 17.3 Å². The van der Waals surface area contributed by atoms with E-state index in [1.807, 2.05) is 6.92 Å². The molecule has 0 radical (unpaired) electrons. The van der Waals surface area contributed by atoms with E-state index in [2.05, 4.69) is 0 Å². The number of carboxylic acid groups (broad SMARTS) is 1. The molecule has 0 amide bonds. The third kappa shape index (κ3) is 4.28. The van der Waals surface area contributed by atoms with Crippen molar-refractivity contribution in [3.8, 4) is 0 Å².